The largest absolute Gasteiger partial charge is 0.378 e. The van der Waals surface area contributed by atoms with E-state index < -0.39 is 10.0 Å². The lowest BCUT2D eigenvalue weighted by molar-refractivity contribution is -0.126. The number of sulfonamides is 1. The van der Waals surface area contributed by atoms with E-state index in [0.717, 1.165) is 31.2 Å². The van der Waals surface area contributed by atoms with Crippen molar-refractivity contribution >= 4 is 15.9 Å². The van der Waals surface area contributed by atoms with Crippen LogP contribution in [0, 0.1) is 12.8 Å². The summed E-state index contributed by atoms with van der Waals surface area (Å²) in [5, 5.41) is 2.96. The Labute approximate surface area is 168 Å². The van der Waals surface area contributed by atoms with Crippen LogP contribution in [0.25, 0.3) is 0 Å². The van der Waals surface area contributed by atoms with Gasteiger partial charge in [-0.2, -0.15) is 4.31 Å². The number of amides is 1. The lowest BCUT2D eigenvalue weighted by Gasteiger charge is -2.31. The first-order valence-electron chi connectivity index (χ1n) is 10.4. The minimum Gasteiger partial charge on any atom is -0.378 e. The van der Waals surface area contributed by atoms with Crippen LogP contribution in [0.2, 0.25) is 0 Å². The van der Waals surface area contributed by atoms with Crippen molar-refractivity contribution in [1.29, 1.82) is 0 Å². The number of carbonyl (C=O) groups excluding carboxylic acids is 1. The van der Waals surface area contributed by atoms with Crippen molar-refractivity contribution in [3.05, 3.63) is 29.8 Å². The Bertz CT molecular complexity index is 742. The SMILES string of the molecule is Cc1ccc(S(=O)(=O)N2CCCC(C(=O)NCCCOC3CCCC3)C2)cc1. The molecule has 156 valence electrons. The average Bonchev–Trinajstić information content (AvgIpc) is 3.21. The standard InChI is InChI=1S/C21H32N2O4S/c1-17-9-11-20(12-10-17)28(25,26)23-14-4-6-18(16-23)21(24)22-13-5-15-27-19-7-2-3-8-19/h9-12,18-19H,2-8,13-16H2,1H3,(H,22,24). The van der Waals surface area contributed by atoms with E-state index in [1.807, 2.05) is 6.92 Å². The van der Waals surface area contributed by atoms with Gasteiger partial charge in [-0.3, -0.25) is 4.79 Å². The molecule has 3 rings (SSSR count). The van der Waals surface area contributed by atoms with Crippen molar-refractivity contribution in [2.24, 2.45) is 5.92 Å². The summed E-state index contributed by atoms with van der Waals surface area (Å²) in [5.41, 5.74) is 1.02. The van der Waals surface area contributed by atoms with Crippen molar-refractivity contribution in [3.63, 3.8) is 0 Å². The van der Waals surface area contributed by atoms with Gasteiger partial charge in [0.2, 0.25) is 15.9 Å². The second kappa shape index (κ2) is 9.85. The number of benzene rings is 1. The van der Waals surface area contributed by atoms with Gasteiger partial charge in [0.05, 0.1) is 16.9 Å². The van der Waals surface area contributed by atoms with Crippen LogP contribution >= 0.6 is 0 Å². The molecule has 2 aliphatic rings. The van der Waals surface area contributed by atoms with E-state index in [2.05, 4.69) is 5.32 Å². The molecule has 0 bridgehead atoms. The Morgan fingerprint density at radius 1 is 1.14 bits per heavy atom. The Morgan fingerprint density at radius 3 is 2.57 bits per heavy atom. The average molecular weight is 409 g/mol. The summed E-state index contributed by atoms with van der Waals surface area (Å²) >= 11 is 0. The lowest BCUT2D eigenvalue weighted by Crippen LogP contribution is -2.45. The lowest BCUT2D eigenvalue weighted by atomic mass is 9.99. The molecule has 1 saturated carbocycles. The number of hydrogen-bond donors (Lipinski definition) is 1. The first-order chi connectivity index (χ1) is 13.5. The fourth-order valence-corrected chi connectivity index (χ4v) is 5.49. The van der Waals surface area contributed by atoms with Crippen LogP contribution in [-0.4, -0.2) is 51.0 Å². The first-order valence-corrected chi connectivity index (χ1v) is 11.9. The second-order valence-corrected chi connectivity index (χ2v) is 9.88. The van der Waals surface area contributed by atoms with E-state index >= 15 is 0 Å². The zero-order valence-electron chi connectivity index (χ0n) is 16.7. The highest BCUT2D eigenvalue weighted by molar-refractivity contribution is 7.89. The number of ether oxygens (including phenoxy) is 1. The minimum atomic E-state index is -3.55. The summed E-state index contributed by atoms with van der Waals surface area (Å²) in [6.07, 6.45) is 7.43. The van der Waals surface area contributed by atoms with Gasteiger partial charge in [0, 0.05) is 26.2 Å². The molecule has 1 unspecified atom stereocenters. The van der Waals surface area contributed by atoms with E-state index in [4.69, 9.17) is 4.74 Å². The van der Waals surface area contributed by atoms with Gasteiger partial charge in [-0.1, -0.05) is 30.5 Å². The third-order valence-electron chi connectivity index (χ3n) is 5.69. The van der Waals surface area contributed by atoms with Crippen LogP contribution in [-0.2, 0) is 19.6 Å². The molecule has 0 aromatic heterocycles. The van der Waals surface area contributed by atoms with Crippen molar-refractivity contribution in [2.45, 2.75) is 62.9 Å². The number of piperidine rings is 1. The number of nitrogens with zero attached hydrogens (tertiary/aromatic N) is 1. The van der Waals surface area contributed by atoms with Gasteiger partial charge in [0.25, 0.3) is 0 Å². The Morgan fingerprint density at radius 2 is 1.86 bits per heavy atom. The molecule has 1 saturated heterocycles. The maximum absolute atomic E-state index is 12.9. The molecule has 7 heteroatoms. The zero-order chi connectivity index (χ0) is 20.0. The van der Waals surface area contributed by atoms with Crippen LogP contribution in [0.3, 0.4) is 0 Å². The van der Waals surface area contributed by atoms with E-state index in [1.54, 1.807) is 24.3 Å². The Hall–Kier alpha value is -1.44. The highest BCUT2D eigenvalue weighted by Gasteiger charge is 2.33. The maximum Gasteiger partial charge on any atom is 0.243 e. The molecular formula is C21H32N2O4S. The Kier molecular flexibility index (Phi) is 7.48. The number of carbonyl (C=O) groups is 1. The molecule has 1 atom stereocenters. The summed E-state index contributed by atoms with van der Waals surface area (Å²) in [4.78, 5) is 12.8. The minimum absolute atomic E-state index is 0.0512. The number of hydrogen-bond acceptors (Lipinski definition) is 4. The summed E-state index contributed by atoms with van der Waals surface area (Å²) in [7, 11) is -3.55. The van der Waals surface area contributed by atoms with Crippen LogP contribution in [0.15, 0.2) is 29.2 Å². The molecule has 6 nitrogen and oxygen atoms in total. The maximum atomic E-state index is 12.9. The van der Waals surface area contributed by atoms with Gasteiger partial charge in [0.1, 0.15) is 0 Å². The van der Waals surface area contributed by atoms with Crippen molar-refractivity contribution in [1.82, 2.24) is 9.62 Å². The Balaban J connectivity index is 1.45. The normalized spacial score (nSPS) is 21.7. The molecule has 1 aliphatic carbocycles. The molecule has 1 N–H and O–H groups in total. The van der Waals surface area contributed by atoms with Crippen LogP contribution in [0.4, 0.5) is 0 Å². The predicted molar refractivity (Wildman–Crippen MR) is 108 cm³/mol. The van der Waals surface area contributed by atoms with Crippen molar-refractivity contribution in [2.75, 3.05) is 26.2 Å². The molecule has 0 radical (unpaired) electrons. The smallest absolute Gasteiger partial charge is 0.243 e. The summed E-state index contributed by atoms with van der Waals surface area (Å²) in [6.45, 7) is 3.89. The number of nitrogens with one attached hydrogen (secondary N) is 1. The summed E-state index contributed by atoms with van der Waals surface area (Å²) < 4.78 is 33.0. The van der Waals surface area contributed by atoms with Gasteiger partial charge in [-0.15, -0.1) is 0 Å². The molecule has 1 heterocycles. The topological polar surface area (TPSA) is 75.7 Å². The molecule has 28 heavy (non-hydrogen) atoms. The van der Waals surface area contributed by atoms with Gasteiger partial charge >= 0.3 is 0 Å². The molecule has 2 fully saturated rings. The van der Waals surface area contributed by atoms with E-state index in [0.29, 0.717) is 37.1 Å². The van der Waals surface area contributed by atoms with E-state index in [9.17, 15) is 13.2 Å². The van der Waals surface area contributed by atoms with Crippen molar-refractivity contribution in [3.8, 4) is 0 Å². The molecule has 1 aliphatic heterocycles. The molecule has 1 amide bonds. The van der Waals surface area contributed by atoms with E-state index in [1.165, 1.54) is 17.1 Å². The zero-order valence-corrected chi connectivity index (χ0v) is 17.5. The third kappa shape index (κ3) is 5.55. The molecule has 0 spiro atoms. The summed E-state index contributed by atoms with van der Waals surface area (Å²) in [6, 6.07) is 6.88. The first kappa shape index (κ1) is 21.3. The fraction of sp³-hybridized carbons (Fsp3) is 0.667. The van der Waals surface area contributed by atoms with E-state index in [-0.39, 0.29) is 18.4 Å². The van der Waals surface area contributed by atoms with Gasteiger partial charge in [-0.05, 0) is 51.2 Å². The summed E-state index contributed by atoms with van der Waals surface area (Å²) in [5.74, 6) is -0.339. The molecule has 1 aromatic rings. The second-order valence-electron chi connectivity index (χ2n) is 7.94. The molecular weight excluding hydrogens is 376 g/mol. The third-order valence-corrected chi connectivity index (χ3v) is 7.57. The van der Waals surface area contributed by atoms with Gasteiger partial charge in [0.15, 0.2) is 0 Å². The van der Waals surface area contributed by atoms with Gasteiger partial charge in [-0.25, -0.2) is 8.42 Å². The quantitative estimate of drug-likeness (QED) is 0.671. The fourth-order valence-electron chi connectivity index (χ4n) is 3.97. The monoisotopic (exact) mass is 408 g/mol. The highest BCUT2D eigenvalue weighted by Crippen LogP contribution is 2.24. The van der Waals surface area contributed by atoms with Crippen molar-refractivity contribution < 1.29 is 17.9 Å². The molecule has 1 aromatic carbocycles. The predicted octanol–water partition coefficient (Wildman–Crippen LogP) is 2.86. The highest BCUT2D eigenvalue weighted by atomic mass is 32.2. The number of aryl methyl sites for hydroxylation is 1. The number of rotatable bonds is 8. The van der Waals surface area contributed by atoms with Crippen LogP contribution < -0.4 is 5.32 Å². The van der Waals surface area contributed by atoms with Crippen LogP contribution in [0.1, 0.15) is 50.5 Å². The van der Waals surface area contributed by atoms with Crippen LogP contribution in [0.5, 0.6) is 0 Å². The van der Waals surface area contributed by atoms with Gasteiger partial charge < -0.3 is 10.1 Å².